The number of methoxy groups -OCH3 is 3. The van der Waals surface area contributed by atoms with Gasteiger partial charge in [-0.2, -0.15) is 0 Å². The number of carbonyl (C=O) groups excluding carboxylic acids is 2. The molecule has 0 radical (unpaired) electrons. The van der Waals surface area contributed by atoms with Crippen molar-refractivity contribution in [1.29, 1.82) is 0 Å². The number of nitrogens with zero attached hydrogens (tertiary/aromatic N) is 2. The first-order valence-corrected chi connectivity index (χ1v) is 16.5. The van der Waals surface area contributed by atoms with Crippen molar-refractivity contribution in [2.24, 2.45) is 0 Å². The number of sulfonamides is 1. The van der Waals surface area contributed by atoms with Crippen LogP contribution in [0.4, 0.5) is 5.69 Å². The van der Waals surface area contributed by atoms with E-state index in [0.29, 0.717) is 25.0 Å². The van der Waals surface area contributed by atoms with Crippen molar-refractivity contribution in [3.63, 3.8) is 0 Å². The third-order valence-corrected chi connectivity index (χ3v) is 9.49. The van der Waals surface area contributed by atoms with Crippen LogP contribution in [-0.2, 0) is 26.0 Å². The number of amides is 2. The molecule has 0 aromatic heterocycles. The molecule has 10 nitrogen and oxygen atoms in total. The first-order valence-electron chi connectivity index (χ1n) is 14.7. The van der Waals surface area contributed by atoms with Crippen LogP contribution in [0.2, 0.25) is 5.02 Å². The highest BCUT2D eigenvalue weighted by Crippen LogP contribution is 2.37. The third kappa shape index (κ3) is 8.82. The molecular formula is C33H42ClN3O7S. The van der Waals surface area contributed by atoms with Gasteiger partial charge in [0.2, 0.25) is 11.8 Å². The first-order chi connectivity index (χ1) is 21.5. The molecule has 0 heterocycles. The molecule has 0 saturated carbocycles. The zero-order valence-corrected chi connectivity index (χ0v) is 28.2. The van der Waals surface area contributed by atoms with Crippen LogP contribution >= 0.6 is 11.6 Å². The summed E-state index contributed by atoms with van der Waals surface area (Å²) in [6.07, 6.45) is 1.50. The van der Waals surface area contributed by atoms with Gasteiger partial charge in [-0.3, -0.25) is 13.9 Å². The monoisotopic (exact) mass is 659 g/mol. The molecule has 12 heteroatoms. The summed E-state index contributed by atoms with van der Waals surface area (Å²) in [6.45, 7) is 5.23. The van der Waals surface area contributed by atoms with E-state index in [0.717, 1.165) is 9.87 Å². The summed E-state index contributed by atoms with van der Waals surface area (Å²) in [5, 5.41) is 3.22. The summed E-state index contributed by atoms with van der Waals surface area (Å²) in [6, 6.07) is 17.3. The fourth-order valence-electron chi connectivity index (χ4n) is 4.81. The maximum absolute atomic E-state index is 14.4. The van der Waals surface area contributed by atoms with Crippen molar-refractivity contribution >= 4 is 39.1 Å². The first kappa shape index (κ1) is 35.5. The van der Waals surface area contributed by atoms with Gasteiger partial charge in [0, 0.05) is 23.7 Å². The van der Waals surface area contributed by atoms with Crippen molar-refractivity contribution < 1.29 is 32.2 Å². The second-order valence-corrected chi connectivity index (χ2v) is 12.7. The molecule has 1 N–H and O–H groups in total. The Morgan fingerprint density at radius 2 is 1.51 bits per heavy atom. The fraction of sp³-hybridized carbons (Fsp3) is 0.394. The molecule has 3 aromatic rings. The van der Waals surface area contributed by atoms with Crippen LogP contribution in [0.5, 0.6) is 17.2 Å². The Morgan fingerprint density at radius 3 is 2.11 bits per heavy atom. The Hall–Kier alpha value is -3.96. The van der Waals surface area contributed by atoms with E-state index in [1.165, 1.54) is 56.6 Å². The van der Waals surface area contributed by atoms with E-state index in [-0.39, 0.29) is 45.6 Å². The van der Waals surface area contributed by atoms with Gasteiger partial charge in [0.1, 0.15) is 18.3 Å². The molecule has 0 spiro atoms. The van der Waals surface area contributed by atoms with E-state index >= 15 is 0 Å². The Morgan fingerprint density at radius 1 is 0.867 bits per heavy atom. The zero-order chi connectivity index (χ0) is 33.1. The smallest absolute Gasteiger partial charge is 0.265 e. The van der Waals surface area contributed by atoms with Gasteiger partial charge >= 0.3 is 0 Å². The quantitative estimate of drug-likeness (QED) is 0.221. The summed E-state index contributed by atoms with van der Waals surface area (Å²) in [7, 11) is -0.182. The zero-order valence-electron chi connectivity index (χ0n) is 26.6. The Balaban J connectivity index is 2.13. The van der Waals surface area contributed by atoms with Gasteiger partial charge in [-0.15, -0.1) is 0 Å². The molecule has 3 aromatic carbocycles. The van der Waals surface area contributed by atoms with E-state index in [1.807, 2.05) is 51.1 Å². The van der Waals surface area contributed by atoms with Crippen LogP contribution in [0, 0.1) is 0 Å². The molecule has 45 heavy (non-hydrogen) atoms. The van der Waals surface area contributed by atoms with Crippen LogP contribution in [0.15, 0.2) is 71.6 Å². The van der Waals surface area contributed by atoms with Crippen molar-refractivity contribution in [3.05, 3.63) is 77.3 Å². The lowest BCUT2D eigenvalue weighted by molar-refractivity contribution is -0.139. The van der Waals surface area contributed by atoms with Crippen LogP contribution < -0.4 is 23.8 Å². The largest absolute Gasteiger partial charge is 0.495 e. The number of anilines is 1. The lowest BCUT2D eigenvalue weighted by Crippen LogP contribution is -2.54. The standard InChI is InChI=1S/C33H42ClN3O7S/c1-7-23(3)35-33(39)27(8-2)36(19-18-24-12-10-9-11-13-24)32(38)22-37(28-20-25(34)14-16-29(28)42-4)45(40,41)26-15-17-30(43-5)31(21-26)44-6/h9-17,20-21,23,27H,7-8,18-19,22H2,1-6H3,(H,35,39)/t23-,27+/m1/s1. The normalized spacial score (nSPS) is 12.5. The summed E-state index contributed by atoms with van der Waals surface area (Å²) in [4.78, 5) is 29.1. The van der Waals surface area contributed by atoms with Crippen LogP contribution in [0.3, 0.4) is 0 Å². The van der Waals surface area contributed by atoms with Gasteiger partial charge in [0.05, 0.1) is 31.9 Å². The number of halogens is 1. The minimum absolute atomic E-state index is 0.0632. The van der Waals surface area contributed by atoms with Crippen LogP contribution in [-0.4, -0.2) is 71.6 Å². The minimum atomic E-state index is -4.42. The average molecular weight is 660 g/mol. The Labute approximate surface area is 271 Å². The van der Waals surface area contributed by atoms with Crippen molar-refractivity contribution in [3.8, 4) is 17.2 Å². The number of hydrogen-bond acceptors (Lipinski definition) is 7. The summed E-state index contributed by atoms with van der Waals surface area (Å²) < 4.78 is 45.8. The second-order valence-electron chi connectivity index (χ2n) is 10.4. The number of nitrogens with one attached hydrogen (secondary N) is 1. The highest BCUT2D eigenvalue weighted by molar-refractivity contribution is 7.92. The lowest BCUT2D eigenvalue weighted by atomic mass is 10.1. The Bertz CT molecular complexity index is 1550. The molecule has 0 fully saturated rings. The highest BCUT2D eigenvalue weighted by atomic mass is 35.5. The molecule has 0 aliphatic heterocycles. The van der Waals surface area contributed by atoms with E-state index in [4.69, 9.17) is 25.8 Å². The van der Waals surface area contributed by atoms with Gasteiger partial charge in [0.25, 0.3) is 10.0 Å². The molecule has 0 aliphatic rings. The molecule has 0 saturated heterocycles. The van der Waals surface area contributed by atoms with E-state index < -0.39 is 28.5 Å². The number of rotatable bonds is 16. The molecule has 2 atom stereocenters. The highest BCUT2D eigenvalue weighted by Gasteiger charge is 2.35. The fourth-order valence-corrected chi connectivity index (χ4v) is 6.41. The van der Waals surface area contributed by atoms with Gasteiger partial charge in [-0.05, 0) is 62.1 Å². The molecule has 0 unspecified atom stereocenters. The molecule has 244 valence electrons. The number of benzene rings is 3. The van der Waals surface area contributed by atoms with Crippen LogP contribution in [0.1, 0.15) is 39.2 Å². The minimum Gasteiger partial charge on any atom is -0.495 e. The van der Waals surface area contributed by atoms with Crippen molar-refractivity contribution in [2.75, 3.05) is 38.7 Å². The van der Waals surface area contributed by atoms with E-state index in [1.54, 1.807) is 6.07 Å². The molecule has 3 rings (SSSR count). The molecule has 0 aliphatic carbocycles. The predicted molar refractivity (Wildman–Crippen MR) is 176 cm³/mol. The summed E-state index contributed by atoms with van der Waals surface area (Å²) in [5.41, 5.74) is 1.03. The van der Waals surface area contributed by atoms with E-state index in [2.05, 4.69) is 5.32 Å². The van der Waals surface area contributed by atoms with Gasteiger partial charge in [0.15, 0.2) is 11.5 Å². The predicted octanol–water partition coefficient (Wildman–Crippen LogP) is 5.33. The maximum atomic E-state index is 14.4. The number of carbonyl (C=O) groups is 2. The second kappa shape index (κ2) is 16.4. The van der Waals surface area contributed by atoms with Gasteiger partial charge in [-0.1, -0.05) is 55.8 Å². The van der Waals surface area contributed by atoms with Crippen molar-refractivity contribution in [2.45, 2.75) is 57.0 Å². The SMILES string of the molecule is CC[C@@H](C)NC(=O)[C@H](CC)N(CCc1ccccc1)C(=O)CN(c1cc(Cl)ccc1OC)S(=O)(=O)c1ccc(OC)c(OC)c1. The number of ether oxygens (including phenoxy) is 3. The van der Waals surface area contributed by atoms with E-state index in [9.17, 15) is 18.0 Å². The maximum Gasteiger partial charge on any atom is 0.265 e. The number of hydrogen-bond donors (Lipinski definition) is 1. The van der Waals surface area contributed by atoms with Crippen molar-refractivity contribution in [1.82, 2.24) is 10.2 Å². The summed E-state index contributed by atoms with van der Waals surface area (Å²) >= 11 is 6.33. The summed E-state index contributed by atoms with van der Waals surface area (Å²) in [5.74, 6) is -0.149. The van der Waals surface area contributed by atoms with Gasteiger partial charge < -0.3 is 24.4 Å². The molecular weight excluding hydrogens is 618 g/mol. The third-order valence-electron chi connectivity index (χ3n) is 7.50. The molecule has 0 bridgehead atoms. The lowest BCUT2D eigenvalue weighted by Gasteiger charge is -2.34. The van der Waals surface area contributed by atoms with Crippen LogP contribution in [0.25, 0.3) is 0 Å². The Kier molecular flexibility index (Phi) is 12.9. The topological polar surface area (TPSA) is 114 Å². The molecule has 2 amide bonds. The average Bonchev–Trinajstić information content (AvgIpc) is 3.05. The van der Waals surface area contributed by atoms with Gasteiger partial charge in [-0.25, -0.2) is 8.42 Å².